The Hall–Kier alpha value is -1.81. The fourth-order valence-electron chi connectivity index (χ4n) is 2.43. The van der Waals surface area contributed by atoms with Crippen LogP contribution in [0.3, 0.4) is 0 Å². The normalized spacial score (nSPS) is 11.2. The fraction of sp³-hybridized carbons (Fsp3) is 0.188. The van der Waals surface area contributed by atoms with Gasteiger partial charge in [-0.25, -0.2) is 4.98 Å². The number of aromatic hydroxyl groups is 1. The van der Waals surface area contributed by atoms with Gasteiger partial charge in [0, 0.05) is 12.1 Å². The van der Waals surface area contributed by atoms with Crippen LogP contribution in [0.25, 0.3) is 22.4 Å². The number of hydrogen-bond donors (Lipinski definition) is 1. The van der Waals surface area contributed by atoms with Crippen molar-refractivity contribution in [3.8, 4) is 17.1 Å². The van der Waals surface area contributed by atoms with Crippen LogP contribution in [0.4, 0.5) is 0 Å². The van der Waals surface area contributed by atoms with Crippen LogP contribution in [0.2, 0.25) is 0 Å². The molecule has 0 aliphatic heterocycles. The highest BCUT2D eigenvalue weighted by Crippen LogP contribution is 2.31. The van der Waals surface area contributed by atoms with Gasteiger partial charge >= 0.3 is 0 Å². The molecule has 0 radical (unpaired) electrons. The molecule has 0 bridgehead atoms. The summed E-state index contributed by atoms with van der Waals surface area (Å²) >= 11 is 3.30. The first kappa shape index (κ1) is 13.2. The van der Waals surface area contributed by atoms with Gasteiger partial charge in [-0.2, -0.15) is 0 Å². The van der Waals surface area contributed by atoms with Crippen LogP contribution in [0.5, 0.6) is 5.75 Å². The summed E-state index contributed by atoms with van der Waals surface area (Å²) in [6.45, 7) is 5.00. The molecule has 2 aromatic carbocycles. The first-order valence-electron chi connectivity index (χ1n) is 6.56. The first-order chi connectivity index (χ1) is 9.60. The van der Waals surface area contributed by atoms with Gasteiger partial charge in [0.05, 0.1) is 15.5 Å². The van der Waals surface area contributed by atoms with Gasteiger partial charge in [-0.3, -0.25) is 0 Å². The van der Waals surface area contributed by atoms with E-state index < -0.39 is 0 Å². The number of imidazole rings is 1. The number of nitrogens with zero attached hydrogens (tertiary/aromatic N) is 2. The molecule has 0 amide bonds. The molecular weight excluding hydrogens is 316 g/mol. The van der Waals surface area contributed by atoms with Crippen LogP contribution in [0.15, 0.2) is 40.9 Å². The van der Waals surface area contributed by atoms with Gasteiger partial charge in [0.25, 0.3) is 0 Å². The Morgan fingerprint density at radius 1 is 1.20 bits per heavy atom. The van der Waals surface area contributed by atoms with E-state index in [-0.39, 0.29) is 5.75 Å². The third kappa shape index (κ3) is 2.10. The van der Waals surface area contributed by atoms with E-state index >= 15 is 0 Å². The lowest BCUT2D eigenvalue weighted by Crippen LogP contribution is -1.97. The quantitative estimate of drug-likeness (QED) is 0.751. The number of aryl methyl sites for hydroxylation is 2. The minimum atomic E-state index is 0.230. The fourth-order valence-corrected chi connectivity index (χ4v) is 2.68. The lowest BCUT2D eigenvalue weighted by molar-refractivity contribution is 0.472. The third-order valence-electron chi connectivity index (χ3n) is 3.42. The predicted octanol–water partition coefficient (Wildman–Crippen LogP) is 4.50. The molecule has 3 aromatic rings. The van der Waals surface area contributed by atoms with Crippen molar-refractivity contribution in [3.05, 3.63) is 46.4 Å². The Labute approximate surface area is 126 Å². The van der Waals surface area contributed by atoms with Crippen LogP contribution >= 0.6 is 15.9 Å². The Balaban J connectivity index is 2.26. The summed E-state index contributed by atoms with van der Waals surface area (Å²) in [6.07, 6.45) is 0. The molecule has 0 aliphatic rings. The maximum absolute atomic E-state index is 9.86. The molecule has 0 aliphatic carbocycles. The lowest BCUT2D eigenvalue weighted by atomic mass is 10.2. The van der Waals surface area contributed by atoms with Gasteiger partial charge in [-0.05, 0) is 65.7 Å². The van der Waals surface area contributed by atoms with Crippen LogP contribution in [-0.2, 0) is 6.54 Å². The Morgan fingerprint density at radius 2 is 2.00 bits per heavy atom. The van der Waals surface area contributed by atoms with Crippen LogP contribution in [0.1, 0.15) is 12.5 Å². The number of benzene rings is 2. The molecule has 0 atom stereocenters. The molecule has 20 heavy (non-hydrogen) atoms. The number of rotatable bonds is 2. The van der Waals surface area contributed by atoms with E-state index in [0.29, 0.717) is 4.47 Å². The number of aromatic nitrogens is 2. The van der Waals surface area contributed by atoms with Gasteiger partial charge in [0.15, 0.2) is 0 Å². The van der Waals surface area contributed by atoms with Crippen molar-refractivity contribution in [2.75, 3.05) is 0 Å². The van der Waals surface area contributed by atoms with Crippen LogP contribution < -0.4 is 0 Å². The maximum Gasteiger partial charge on any atom is 0.141 e. The molecule has 4 heteroatoms. The minimum absolute atomic E-state index is 0.230. The molecule has 0 spiro atoms. The number of fused-ring (bicyclic) bond motifs is 1. The van der Waals surface area contributed by atoms with Crippen LogP contribution in [-0.4, -0.2) is 14.7 Å². The molecule has 0 saturated heterocycles. The van der Waals surface area contributed by atoms with Crippen molar-refractivity contribution < 1.29 is 5.11 Å². The van der Waals surface area contributed by atoms with Gasteiger partial charge in [-0.15, -0.1) is 0 Å². The Bertz CT molecular complexity index is 793. The minimum Gasteiger partial charge on any atom is -0.507 e. The molecule has 102 valence electrons. The van der Waals surface area contributed by atoms with E-state index in [9.17, 15) is 5.11 Å². The van der Waals surface area contributed by atoms with Crippen molar-refractivity contribution >= 4 is 27.0 Å². The maximum atomic E-state index is 9.86. The van der Waals surface area contributed by atoms with Crippen molar-refractivity contribution in [1.29, 1.82) is 0 Å². The molecular formula is C16H15BrN2O. The highest BCUT2D eigenvalue weighted by Gasteiger charge is 2.12. The van der Waals surface area contributed by atoms with E-state index in [4.69, 9.17) is 4.98 Å². The van der Waals surface area contributed by atoms with Gasteiger partial charge in [-0.1, -0.05) is 6.07 Å². The molecule has 1 N–H and O–H groups in total. The van der Waals surface area contributed by atoms with E-state index in [1.807, 2.05) is 12.1 Å². The topological polar surface area (TPSA) is 38.0 Å². The molecule has 0 unspecified atom stereocenters. The van der Waals surface area contributed by atoms with Crippen LogP contribution in [0, 0.1) is 6.92 Å². The summed E-state index contributed by atoms with van der Waals surface area (Å²) in [5, 5.41) is 9.86. The van der Waals surface area contributed by atoms with Gasteiger partial charge in [0.1, 0.15) is 11.6 Å². The monoisotopic (exact) mass is 330 g/mol. The zero-order valence-corrected chi connectivity index (χ0v) is 13.0. The summed E-state index contributed by atoms with van der Waals surface area (Å²) in [7, 11) is 0. The van der Waals surface area contributed by atoms with E-state index in [1.54, 1.807) is 6.07 Å². The third-order valence-corrected chi connectivity index (χ3v) is 4.09. The molecule has 1 heterocycles. The zero-order chi connectivity index (χ0) is 14.3. The molecule has 0 fully saturated rings. The summed E-state index contributed by atoms with van der Waals surface area (Å²) in [5.41, 5.74) is 4.23. The molecule has 0 saturated carbocycles. The highest BCUT2D eigenvalue weighted by molar-refractivity contribution is 9.10. The average Bonchev–Trinajstić information content (AvgIpc) is 2.79. The molecule has 3 nitrogen and oxygen atoms in total. The summed E-state index contributed by atoms with van der Waals surface area (Å²) in [4.78, 5) is 4.72. The highest BCUT2D eigenvalue weighted by atomic mass is 79.9. The molecule has 3 rings (SSSR count). The summed E-state index contributed by atoms with van der Waals surface area (Å²) in [6, 6.07) is 11.8. The SMILES string of the molecule is CCn1c(-c2ccc(Br)c(O)c2)nc2cc(C)ccc21. The van der Waals surface area contributed by atoms with Crippen molar-refractivity contribution in [2.45, 2.75) is 20.4 Å². The summed E-state index contributed by atoms with van der Waals surface area (Å²) in [5.74, 6) is 1.12. The average molecular weight is 331 g/mol. The van der Waals surface area contributed by atoms with E-state index in [2.05, 4.69) is 52.5 Å². The number of phenolic OH excluding ortho intramolecular Hbond substituents is 1. The number of halogens is 1. The summed E-state index contributed by atoms with van der Waals surface area (Å²) < 4.78 is 2.86. The Kier molecular flexibility index (Phi) is 3.26. The lowest BCUT2D eigenvalue weighted by Gasteiger charge is -2.07. The number of phenols is 1. The number of hydrogen-bond acceptors (Lipinski definition) is 2. The predicted molar refractivity (Wildman–Crippen MR) is 84.9 cm³/mol. The smallest absolute Gasteiger partial charge is 0.141 e. The second kappa shape index (κ2) is 4.94. The second-order valence-electron chi connectivity index (χ2n) is 4.84. The van der Waals surface area contributed by atoms with Gasteiger partial charge < -0.3 is 9.67 Å². The standard InChI is InChI=1S/C16H15BrN2O/c1-3-19-14-7-4-10(2)8-13(14)18-16(19)11-5-6-12(17)15(20)9-11/h4-9,20H,3H2,1-2H3. The van der Waals surface area contributed by atoms with E-state index in [1.165, 1.54) is 5.56 Å². The van der Waals surface area contributed by atoms with Crippen molar-refractivity contribution in [2.24, 2.45) is 0 Å². The largest absolute Gasteiger partial charge is 0.507 e. The second-order valence-corrected chi connectivity index (χ2v) is 5.69. The Morgan fingerprint density at radius 3 is 2.70 bits per heavy atom. The van der Waals surface area contributed by atoms with E-state index in [0.717, 1.165) is 29.0 Å². The van der Waals surface area contributed by atoms with Gasteiger partial charge in [0.2, 0.25) is 0 Å². The first-order valence-corrected chi connectivity index (χ1v) is 7.35. The van der Waals surface area contributed by atoms with Crippen molar-refractivity contribution in [1.82, 2.24) is 9.55 Å². The molecule has 1 aromatic heterocycles. The van der Waals surface area contributed by atoms with Crippen molar-refractivity contribution in [3.63, 3.8) is 0 Å². The zero-order valence-electron chi connectivity index (χ0n) is 11.4.